The van der Waals surface area contributed by atoms with Gasteiger partial charge in [0.15, 0.2) is 0 Å². The maximum Gasteiger partial charge on any atom is 0.0205 e. The third-order valence-electron chi connectivity index (χ3n) is 4.04. The van der Waals surface area contributed by atoms with E-state index in [0.29, 0.717) is 0 Å². The van der Waals surface area contributed by atoms with Crippen molar-refractivity contribution < 1.29 is 0 Å². The summed E-state index contributed by atoms with van der Waals surface area (Å²) < 4.78 is 0. The molecule has 0 aliphatic rings. The normalized spacial score (nSPS) is 11.2. The summed E-state index contributed by atoms with van der Waals surface area (Å²) >= 11 is 0. The van der Waals surface area contributed by atoms with Crippen molar-refractivity contribution >= 4 is 10.8 Å². The van der Waals surface area contributed by atoms with E-state index in [9.17, 15) is 0 Å². The minimum Gasteiger partial charge on any atom is -0.313 e. The zero-order valence-electron chi connectivity index (χ0n) is 14.1. The molecular formula is C20H30N2. The molecule has 120 valence electrons. The molecule has 2 aromatic carbocycles. The van der Waals surface area contributed by atoms with Crippen molar-refractivity contribution in [3.05, 3.63) is 47.5 Å². The van der Waals surface area contributed by atoms with Crippen LogP contribution < -0.4 is 10.6 Å². The van der Waals surface area contributed by atoms with Gasteiger partial charge in [0.25, 0.3) is 0 Å². The van der Waals surface area contributed by atoms with Crippen LogP contribution >= 0.6 is 0 Å². The number of unbranched alkanes of at least 4 members (excludes halogenated alkanes) is 2. The molecule has 0 saturated carbocycles. The van der Waals surface area contributed by atoms with E-state index >= 15 is 0 Å². The fraction of sp³-hybridized carbons (Fsp3) is 0.500. The first-order chi connectivity index (χ1) is 10.8. The minimum absolute atomic E-state index is 0.967. The molecule has 2 aromatic rings. The molecule has 0 fully saturated rings. The summed E-state index contributed by atoms with van der Waals surface area (Å²) in [5.41, 5.74) is 2.75. The molecule has 0 aliphatic heterocycles. The van der Waals surface area contributed by atoms with Gasteiger partial charge < -0.3 is 10.6 Å². The van der Waals surface area contributed by atoms with E-state index in [1.54, 1.807) is 0 Å². The van der Waals surface area contributed by atoms with Crippen molar-refractivity contribution in [3.8, 4) is 0 Å². The molecule has 0 amide bonds. The second kappa shape index (κ2) is 9.60. The van der Waals surface area contributed by atoms with Crippen molar-refractivity contribution in [1.82, 2.24) is 10.6 Å². The summed E-state index contributed by atoms with van der Waals surface area (Å²) in [5.74, 6) is 0. The predicted octanol–water partition coefficient (Wildman–Crippen LogP) is 4.62. The van der Waals surface area contributed by atoms with Gasteiger partial charge in [-0.25, -0.2) is 0 Å². The highest BCUT2D eigenvalue weighted by Crippen LogP contribution is 2.18. The Morgan fingerprint density at radius 1 is 0.682 bits per heavy atom. The van der Waals surface area contributed by atoms with E-state index in [-0.39, 0.29) is 0 Å². The standard InChI is InChI=1S/C20H30N2/c1-3-5-11-21-15-17-7-9-19-10-8-18(14-20(19)13-17)16-22-12-6-4-2/h7-10,13-14,21-22H,3-6,11-12,15-16H2,1-2H3. The van der Waals surface area contributed by atoms with Gasteiger partial charge in [0.1, 0.15) is 0 Å². The van der Waals surface area contributed by atoms with Crippen LogP contribution in [0.1, 0.15) is 50.7 Å². The number of hydrogen-bond acceptors (Lipinski definition) is 2. The monoisotopic (exact) mass is 298 g/mol. The third kappa shape index (κ3) is 5.43. The van der Waals surface area contributed by atoms with Gasteiger partial charge in [-0.1, -0.05) is 51.0 Å². The van der Waals surface area contributed by atoms with E-state index in [2.05, 4.69) is 60.9 Å². The first-order valence-electron chi connectivity index (χ1n) is 8.76. The van der Waals surface area contributed by atoms with Crippen LogP contribution in [0.2, 0.25) is 0 Å². The van der Waals surface area contributed by atoms with E-state index in [1.807, 2.05) is 0 Å². The van der Waals surface area contributed by atoms with Crippen LogP contribution in [-0.4, -0.2) is 13.1 Å². The number of hydrogen-bond donors (Lipinski definition) is 2. The van der Waals surface area contributed by atoms with Gasteiger partial charge in [0.05, 0.1) is 0 Å². The fourth-order valence-corrected chi connectivity index (χ4v) is 2.63. The maximum atomic E-state index is 3.52. The largest absolute Gasteiger partial charge is 0.313 e. The van der Waals surface area contributed by atoms with Crippen LogP contribution in [0, 0.1) is 0 Å². The Morgan fingerprint density at radius 3 is 1.64 bits per heavy atom. The van der Waals surface area contributed by atoms with Crippen molar-refractivity contribution in [1.29, 1.82) is 0 Å². The van der Waals surface area contributed by atoms with Gasteiger partial charge in [-0.2, -0.15) is 0 Å². The lowest BCUT2D eigenvalue weighted by Crippen LogP contribution is -2.14. The first kappa shape index (κ1) is 17.0. The highest BCUT2D eigenvalue weighted by atomic mass is 14.8. The molecule has 2 nitrogen and oxygen atoms in total. The van der Waals surface area contributed by atoms with Gasteiger partial charge in [0, 0.05) is 13.1 Å². The average Bonchev–Trinajstić information content (AvgIpc) is 2.55. The maximum absolute atomic E-state index is 3.52. The highest BCUT2D eigenvalue weighted by molar-refractivity contribution is 5.83. The predicted molar refractivity (Wildman–Crippen MR) is 97.2 cm³/mol. The van der Waals surface area contributed by atoms with Crippen molar-refractivity contribution in [2.45, 2.75) is 52.6 Å². The molecule has 0 radical (unpaired) electrons. The van der Waals surface area contributed by atoms with Crippen LogP contribution in [0.3, 0.4) is 0 Å². The lowest BCUT2D eigenvalue weighted by atomic mass is 10.0. The molecule has 22 heavy (non-hydrogen) atoms. The van der Waals surface area contributed by atoms with Gasteiger partial charge in [-0.15, -0.1) is 0 Å². The summed E-state index contributed by atoms with van der Waals surface area (Å²) in [5, 5.41) is 9.72. The number of rotatable bonds is 10. The van der Waals surface area contributed by atoms with Crippen molar-refractivity contribution in [2.24, 2.45) is 0 Å². The van der Waals surface area contributed by atoms with E-state index in [1.165, 1.54) is 47.6 Å². The zero-order valence-corrected chi connectivity index (χ0v) is 14.1. The minimum atomic E-state index is 0.967. The van der Waals surface area contributed by atoms with Crippen molar-refractivity contribution in [3.63, 3.8) is 0 Å². The summed E-state index contributed by atoms with van der Waals surface area (Å²) in [6.45, 7) is 8.61. The Balaban J connectivity index is 1.96. The van der Waals surface area contributed by atoms with E-state index in [4.69, 9.17) is 0 Å². The summed E-state index contributed by atoms with van der Waals surface area (Å²) in [6.07, 6.45) is 5.00. The van der Waals surface area contributed by atoms with Crippen LogP contribution in [0.25, 0.3) is 10.8 Å². The number of nitrogens with one attached hydrogen (secondary N) is 2. The van der Waals surface area contributed by atoms with Crippen LogP contribution in [-0.2, 0) is 13.1 Å². The molecule has 0 atom stereocenters. The number of fused-ring (bicyclic) bond motifs is 1. The summed E-state index contributed by atoms with van der Waals surface area (Å²) in [4.78, 5) is 0. The van der Waals surface area contributed by atoms with Crippen molar-refractivity contribution in [2.75, 3.05) is 13.1 Å². The van der Waals surface area contributed by atoms with Crippen LogP contribution in [0.4, 0.5) is 0 Å². The molecule has 0 spiro atoms. The summed E-state index contributed by atoms with van der Waals surface area (Å²) in [6, 6.07) is 13.6. The van der Waals surface area contributed by atoms with Gasteiger partial charge >= 0.3 is 0 Å². The third-order valence-corrected chi connectivity index (χ3v) is 4.04. The molecule has 0 bridgehead atoms. The smallest absolute Gasteiger partial charge is 0.0205 e. The van der Waals surface area contributed by atoms with Gasteiger partial charge in [0.2, 0.25) is 0 Å². The molecule has 0 saturated heterocycles. The Morgan fingerprint density at radius 2 is 1.18 bits per heavy atom. The topological polar surface area (TPSA) is 24.1 Å². The molecular weight excluding hydrogens is 268 g/mol. The van der Waals surface area contributed by atoms with Gasteiger partial charge in [-0.05, 0) is 60.0 Å². The molecule has 2 N–H and O–H groups in total. The van der Waals surface area contributed by atoms with E-state index in [0.717, 1.165) is 26.2 Å². The highest BCUT2D eigenvalue weighted by Gasteiger charge is 1.99. The quantitative estimate of drug-likeness (QED) is 0.625. The SMILES string of the molecule is CCCCNCc1ccc2ccc(CNCCCC)cc2c1. The molecule has 2 heteroatoms. The Kier molecular flexibility index (Phi) is 7.41. The molecule has 0 aromatic heterocycles. The Bertz CT molecular complexity index is 516. The first-order valence-corrected chi connectivity index (χ1v) is 8.76. The summed E-state index contributed by atoms with van der Waals surface area (Å²) in [7, 11) is 0. The second-order valence-corrected chi connectivity index (χ2v) is 6.08. The lowest BCUT2D eigenvalue weighted by molar-refractivity contribution is 0.641. The molecule has 0 heterocycles. The number of benzene rings is 2. The van der Waals surface area contributed by atoms with Crippen LogP contribution in [0.5, 0.6) is 0 Å². The average molecular weight is 298 g/mol. The van der Waals surface area contributed by atoms with Crippen LogP contribution in [0.15, 0.2) is 36.4 Å². The molecule has 0 unspecified atom stereocenters. The van der Waals surface area contributed by atoms with Gasteiger partial charge in [-0.3, -0.25) is 0 Å². The Labute approximate surface area is 135 Å². The second-order valence-electron chi connectivity index (χ2n) is 6.08. The zero-order chi connectivity index (χ0) is 15.6. The molecule has 2 rings (SSSR count). The fourth-order valence-electron chi connectivity index (χ4n) is 2.63. The lowest BCUT2D eigenvalue weighted by Gasteiger charge is -2.08. The Hall–Kier alpha value is -1.38. The van der Waals surface area contributed by atoms with E-state index < -0.39 is 0 Å². The molecule has 0 aliphatic carbocycles.